The van der Waals surface area contributed by atoms with Crippen LogP contribution in [0.25, 0.3) is 0 Å². The van der Waals surface area contributed by atoms with Crippen LogP contribution < -0.4 is 4.72 Å². The Balaban J connectivity index is 2.03. The van der Waals surface area contributed by atoms with E-state index in [1.54, 1.807) is 6.92 Å². The van der Waals surface area contributed by atoms with E-state index in [0.717, 1.165) is 25.7 Å². The maximum absolute atomic E-state index is 12.3. The van der Waals surface area contributed by atoms with E-state index in [2.05, 4.69) is 4.72 Å². The molecule has 0 aromatic heterocycles. The van der Waals surface area contributed by atoms with Crippen LogP contribution in [0.3, 0.4) is 0 Å². The summed E-state index contributed by atoms with van der Waals surface area (Å²) >= 11 is 0. The highest BCUT2D eigenvalue weighted by Crippen LogP contribution is 2.24. The van der Waals surface area contributed by atoms with Crippen LogP contribution in [0.15, 0.2) is 0 Å². The average Bonchev–Trinajstić information content (AvgIpc) is 2.98. The molecule has 0 spiro atoms. The van der Waals surface area contributed by atoms with Gasteiger partial charge in [0.15, 0.2) is 0 Å². The second-order valence-electron chi connectivity index (χ2n) is 5.13. The minimum atomic E-state index is -3.57. The Labute approximate surface area is 114 Å². The molecule has 0 aromatic rings. The topological polar surface area (TPSA) is 75.7 Å². The molecule has 1 atom stereocenters. The van der Waals surface area contributed by atoms with Gasteiger partial charge in [-0.25, -0.2) is 0 Å². The van der Waals surface area contributed by atoms with Crippen molar-refractivity contribution in [2.45, 2.75) is 57.5 Å². The molecule has 6 nitrogen and oxygen atoms in total. The van der Waals surface area contributed by atoms with E-state index < -0.39 is 22.2 Å². The maximum atomic E-state index is 12.3. The maximum Gasteiger partial charge on any atom is 0.324 e. The molecule has 2 rings (SSSR count). The molecule has 0 bridgehead atoms. The van der Waals surface area contributed by atoms with Crippen molar-refractivity contribution in [3.8, 4) is 0 Å². The minimum absolute atomic E-state index is 0.0217. The number of hydrogen-bond acceptors (Lipinski definition) is 4. The lowest BCUT2D eigenvalue weighted by molar-refractivity contribution is -0.146. The Bertz CT molecular complexity index is 417. The van der Waals surface area contributed by atoms with Crippen LogP contribution in [0.5, 0.6) is 0 Å². The number of esters is 1. The zero-order valence-electron chi connectivity index (χ0n) is 11.3. The molecule has 1 aliphatic carbocycles. The van der Waals surface area contributed by atoms with Crippen LogP contribution in [0.1, 0.15) is 45.4 Å². The summed E-state index contributed by atoms with van der Waals surface area (Å²) in [6, 6.07) is -0.632. The number of nitrogens with one attached hydrogen (secondary N) is 1. The first-order chi connectivity index (χ1) is 9.04. The highest BCUT2D eigenvalue weighted by Gasteiger charge is 2.40. The predicted octanol–water partition coefficient (Wildman–Crippen LogP) is 0.791. The fourth-order valence-corrected chi connectivity index (χ4v) is 4.51. The van der Waals surface area contributed by atoms with Crippen LogP contribution >= 0.6 is 0 Å². The van der Waals surface area contributed by atoms with Gasteiger partial charge in [-0.2, -0.15) is 17.4 Å². The molecular formula is C12H22N2O4S. The smallest absolute Gasteiger partial charge is 0.324 e. The molecule has 1 saturated heterocycles. The zero-order chi connectivity index (χ0) is 13.9. The average molecular weight is 290 g/mol. The lowest BCUT2D eigenvalue weighted by atomic mass is 10.2. The Morgan fingerprint density at radius 2 is 1.95 bits per heavy atom. The van der Waals surface area contributed by atoms with Gasteiger partial charge >= 0.3 is 5.97 Å². The summed E-state index contributed by atoms with van der Waals surface area (Å²) < 4.78 is 33.6. The Kier molecular flexibility index (Phi) is 4.81. The first-order valence-electron chi connectivity index (χ1n) is 7.00. The Morgan fingerprint density at radius 1 is 1.26 bits per heavy atom. The van der Waals surface area contributed by atoms with Gasteiger partial charge in [0, 0.05) is 12.6 Å². The number of rotatable bonds is 5. The number of hydrogen-bond donors (Lipinski definition) is 1. The van der Waals surface area contributed by atoms with Crippen molar-refractivity contribution in [2.24, 2.45) is 0 Å². The van der Waals surface area contributed by atoms with Crippen molar-refractivity contribution in [3.05, 3.63) is 0 Å². The minimum Gasteiger partial charge on any atom is -0.465 e. The van der Waals surface area contributed by atoms with Gasteiger partial charge < -0.3 is 4.74 Å². The summed E-state index contributed by atoms with van der Waals surface area (Å²) in [5.41, 5.74) is 0. The predicted molar refractivity (Wildman–Crippen MR) is 70.7 cm³/mol. The second-order valence-corrected chi connectivity index (χ2v) is 6.78. The van der Waals surface area contributed by atoms with Crippen LogP contribution in [-0.2, 0) is 19.7 Å². The van der Waals surface area contributed by atoms with Gasteiger partial charge in [-0.05, 0) is 32.6 Å². The molecule has 110 valence electrons. The van der Waals surface area contributed by atoms with Crippen molar-refractivity contribution in [3.63, 3.8) is 0 Å². The van der Waals surface area contributed by atoms with E-state index in [-0.39, 0.29) is 12.6 Å². The third-order valence-electron chi connectivity index (χ3n) is 3.74. The number of ether oxygens (including phenoxy) is 1. The first kappa shape index (κ1) is 14.7. The normalized spacial score (nSPS) is 25.8. The lowest BCUT2D eigenvalue weighted by Crippen LogP contribution is -2.49. The largest absolute Gasteiger partial charge is 0.465 e. The van der Waals surface area contributed by atoms with Gasteiger partial charge in [0.2, 0.25) is 0 Å². The summed E-state index contributed by atoms with van der Waals surface area (Å²) in [4.78, 5) is 11.8. The summed E-state index contributed by atoms with van der Waals surface area (Å²) in [5.74, 6) is -0.434. The van der Waals surface area contributed by atoms with Gasteiger partial charge in [-0.3, -0.25) is 4.79 Å². The molecule has 2 aliphatic rings. The molecule has 1 N–H and O–H groups in total. The first-order valence-corrected chi connectivity index (χ1v) is 8.44. The highest BCUT2D eigenvalue weighted by atomic mass is 32.2. The summed E-state index contributed by atoms with van der Waals surface area (Å²) in [6.45, 7) is 2.40. The molecule has 0 amide bonds. The van der Waals surface area contributed by atoms with Crippen molar-refractivity contribution >= 4 is 16.2 Å². The second kappa shape index (κ2) is 6.19. The monoisotopic (exact) mass is 290 g/mol. The molecule has 19 heavy (non-hydrogen) atoms. The van der Waals surface area contributed by atoms with E-state index in [9.17, 15) is 13.2 Å². The molecule has 0 radical (unpaired) electrons. The number of carbonyl (C=O) groups is 1. The van der Waals surface area contributed by atoms with Crippen LogP contribution in [-0.4, -0.2) is 43.9 Å². The Morgan fingerprint density at radius 3 is 2.58 bits per heavy atom. The molecule has 2 fully saturated rings. The van der Waals surface area contributed by atoms with Crippen LogP contribution in [0.2, 0.25) is 0 Å². The molecule has 1 saturated carbocycles. The fourth-order valence-electron chi connectivity index (χ4n) is 2.82. The summed E-state index contributed by atoms with van der Waals surface area (Å²) in [5, 5.41) is 0. The SMILES string of the molecule is CCOC(=O)C1CCCN1S(=O)(=O)NC1CCCC1. The van der Waals surface area contributed by atoms with Gasteiger partial charge in [0.1, 0.15) is 6.04 Å². The van der Waals surface area contributed by atoms with Crippen molar-refractivity contribution < 1.29 is 17.9 Å². The molecular weight excluding hydrogens is 268 g/mol. The summed E-state index contributed by atoms with van der Waals surface area (Å²) in [7, 11) is -3.57. The van der Waals surface area contributed by atoms with Gasteiger partial charge in [-0.15, -0.1) is 0 Å². The lowest BCUT2D eigenvalue weighted by Gasteiger charge is -2.24. The number of nitrogens with zero attached hydrogens (tertiary/aromatic N) is 1. The molecule has 1 unspecified atom stereocenters. The molecule has 1 aliphatic heterocycles. The van der Waals surface area contributed by atoms with Crippen LogP contribution in [0.4, 0.5) is 0 Å². The Hall–Kier alpha value is -0.660. The standard InChI is InChI=1S/C12H22N2O4S/c1-2-18-12(15)11-8-5-9-14(11)19(16,17)13-10-6-3-4-7-10/h10-11,13H,2-9H2,1H3. The van der Waals surface area contributed by atoms with Crippen molar-refractivity contribution in [2.75, 3.05) is 13.2 Å². The molecule has 0 aromatic carbocycles. The highest BCUT2D eigenvalue weighted by molar-refractivity contribution is 7.87. The van der Waals surface area contributed by atoms with E-state index >= 15 is 0 Å². The van der Waals surface area contributed by atoms with E-state index in [0.29, 0.717) is 19.4 Å². The van der Waals surface area contributed by atoms with Crippen molar-refractivity contribution in [1.82, 2.24) is 9.03 Å². The third kappa shape index (κ3) is 3.46. The summed E-state index contributed by atoms with van der Waals surface area (Å²) in [6.07, 6.45) is 5.15. The zero-order valence-corrected chi connectivity index (χ0v) is 12.1. The van der Waals surface area contributed by atoms with Gasteiger partial charge in [0.05, 0.1) is 6.61 Å². The molecule has 7 heteroatoms. The quantitative estimate of drug-likeness (QED) is 0.760. The van der Waals surface area contributed by atoms with Crippen LogP contribution in [0, 0.1) is 0 Å². The third-order valence-corrected chi connectivity index (χ3v) is 5.43. The van der Waals surface area contributed by atoms with Gasteiger partial charge in [0.25, 0.3) is 10.2 Å². The molecule has 1 heterocycles. The number of carbonyl (C=O) groups excluding carboxylic acids is 1. The van der Waals surface area contributed by atoms with Crippen molar-refractivity contribution in [1.29, 1.82) is 0 Å². The van der Waals surface area contributed by atoms with Gasteiger partial charge in [-0.1, -0.05) is 12.8 Å². The van der Waals surface area contributed by atoms with E-state index in [4.69, 9.17) is 4.74 Å². The fraction of sp³-hybridized carbons (Fsp3) is 0.917. The van der Waals surface area contributed by atoms with E-state index in [1.807, 2.05) is 0 Å². The van der Waals surface area contributed by atoms with E-state index in [1.165, 1.54) is 4.31 Å².